The van der Waals surface area contributed by atoms with Gasteiger partial charge in [0, 0.05) is 11.4 Å². The lowest BCUT2D eigenvalue weighted by Gasteiger charge is -2.21. The van der Waals surface area contributed by atoms with Crippen molar-refractivity contribution < 1.29 is 4.79 Å². The highest BCUT2D eigenvalue weighted by Crippen LogP contribution is 2.28. The minimum absolute atomic E-state index is 0.0342. The largest absolute Gasteiger partial charge is 0.349 e. The second-order valence-corrected chi connectivity index (χ2v) is 8.01. The second-order valence-electron chi connectivity index (χ2n) is 7.07. The third kappa shape index (κ3) is 3.80. The maximum atomic E-state index is 13.1. The Morgan fingerprint density at radius 1 is 1.00 bits per heavy atom. The second kappa shape index (κ2) is 8.00. The van der Waals surface area contributed by atoms with E-state index < -0.39 is 0 Å². The van der Waals surface area contributed by atoms with E-state index in [-0.39, 0.29) is 5.91 Å². The van der Waals surface area contributed by atoms with Crippen LogP contribution in [-0.2, 0) is 0 Å². The van der Waals surface area contributed by atoms with Crippen LogP contribution in [0, 0.1) is 0 Å². The summed E-state index contributed by atoms with van der Waals surface area (Å²) in [4.78, 5) is 19.0. The summed E-state index contributed by atoms with van der Waals surface area (Å²) in [5.74, 6) is 0.0342. The van der Waals surface area contributed by atoms with Crippen molar-refractivity contribution in [3.8, 4) is 10.6 Å². The third-order valence-corrected chi connectivity index (χ3v) is 6.07. The van der Waals surface area contributed by atoms with Crippen molar-refractivity contribution in [2.45, 2.75) is 51.0 Å². The molecule has 0 atom stereocenters. The summed E-state index contributed by atoms with van der Waals surface area (Å²) < 4.78 is 0. The van der Waals surface area contributed by atoms with Crippen molar-refractivity contribution in [3.05, 3.63) is 53.4 Å². The number of hydrogen-bond donors (Lipinski definition) is 1. The van der Waals surface area contributed by atoms with Crippen molar-refractivity contribution in [2.24, 2.45) is 0 Å². The Bertz CT molecular complexity index is 880. The summed E-state index contributed by atoms with van der Waals surface area (Å²) in [7, 11) is 0. The van der Waals surface area contributed by atoms with Gasteiger partial charge in [0.1, 0.15) is 0 Å². The van der Waals surface area contributed by atoms with Crippen LogP contribution < -0.4 is 5.32 Å². The molecule has 0 saturated heterocycles. The molecule has 0 bridgehead atoms. The van der Waals surface area contributed by atoms with Crippen LogP contribution in [-0.4, -0.2) is 16.9 Å². The number of carbonyl (C=O) groups is 1. The molecule has 0 unspecified atom stereocenters. The molecule has 2 aromatic heterocycles. The van der Waals surface area contributed by atoms with E-state index in [9.17, 15) is 4.79 Å². The van der Waals surface area contributed by atoms with Crippen LogP contribution in [0.3, 0.4) is 0 Å². The molecule has 1 aromatic carbocycles. The first-order valence-corrected chi connectivity index (χ1v) is 10.4. The zero-order chi connectivity index (χ0) is 17.8. The molecule has 134 valence electrons. The first kappa shape index (κ1) is 17.2. The molecule has 2 heterocycles. The van der Waals surface area contributed by atoms with Gasteiger partial charge in [0.25, 0.3) is 5.91 Å². The summed E-state index contributed by atoms with van der Waals surface area (Å²) in [5.41, 5.74) is 2.49. The molecule has 1 saturated carbocycles. The van der Waals surface area contributed by atoms with Gasteiger partial charge in [0.2, 0.25) is 0 Å². The highest BCUT2D eigenvalue weighted by molar-refractivity contribution is 7.13. The predicted octanol–water partition coefficient (Wildman–Crippen LogP) is 5.81. The molecule has 4 rings (SSSR count). The SMILES string of the molecule is O=C(NC1CCCCCCC1)c1cc(-c2cccs2)nc2ccccc12. The van der Waals surface area contributed by atoms with Gasteiger partial charge in [-0.2, -0.15) is 0 Å². The third-order valence-electron chi connectivity index (χ3n) is 5.17. The minimum Gasteiger partial charge on any atom is -0.349 e. The molecule has 3 aromatic rings. The molecule has 3 nitrogen and oxygen atoms in total. The fourth-order valence-corrected chi connectivity index (χ4v) is 4.46. The van der Waals surface area contributed by atoms with Gasteiger partial charge in [-0.15, -0.1) is 11.3 Å². The Labute approximate surface area is 158 Å². The molecule has 1 amide bonds. The number of aromatic nitrogens is 1. The van der Waals surface area contributed by atoms with Gasteiger partial charge in [-0.3, -0.25) is 4.79 Å². The van der Waals surface area contributed by atoms with E-state index in [1.54, 1.807) is 11.3 Å². The van der Waals surface area contributed by atoms with Gasteiger partial charge < -0.3 is 5.32 Å². The van der Waals surface area contributed by atoms with E-state index >= 15 is 0 Å². The molecule has 26 heavy (non-hydrogen) atoms. The maximum Gasteiger partial charge on any atom is 0.252 e. The van der Waals surface area contributed by atoms with Crippen molar-refractivity contribution in [2.75, 3.05) is 0 Å². The highest BCUT2D eigenvalue weighted by Gasteiger charge is 2.18. The number of carbonyl (C=O) groups excluding carboxylic acids is 1. The van der Waals surface area contributed by atoms with Crippen LogP contribution >= 0.6 is 11.3 Å². The number of nitrogens with zero attached hydrogens (tertiary/aromatic N) is 1. The van der Waals surface area contributed by atoms with E-state index in [2.05, 4.69) is 11.4 Å². The number of amides is 1. The fourth-order valence-electron chi connectivity index (χ4n) is 3.78. The lowest BCUT2D eigenvalue weighted by atomic mass is 9.96. The Balaban J connectivity index is 1.66. The smallest absolute Gasteiger partial charge is 0.252 e. The lowest BCUT2D eigenvalue weighted by molar-refractivity contribution is 0.0932. The van der Waals surface area contributed by atoms with Crippen molar-refractivity contribution in [1.29, 1.82) is 0 Å². The molecular weight excluding hydrogens is 340 g/mol. The molecule has 0 spiro atoms. The Kier molecular flexibility index (Phi) is 5.30. The summed E-state index contributed by atoms with van der Waals surface area (Å²) >= 11 is 1.65. The van der Waals surface area contributed by atoms with Crippen LogP contribution in [0.15, 0.2) is 47.8 Å². The number of fused-ring (bicyclic) bond motifs is 1. The standard InChI is InChI=1S/C22H24N2OS/c25-22(23-16-9-4-2-1-3-5-10-16)18-15-20(21-13-8-14-26-21)24-19-12-7-6-11-17(18)19/h6-8,11-16H,1-5,9-10H2,(H,23,25). The number of rotatable bonds is 3. The molecule has 1 aliphatic carbocycles. The topological polar surface area (TPSA) is 42.0 Å². The van der Waals surface area contributed by atoms with Crippen LogP contribution in [0.25, 0.3) is 21.5 Å². The van der Waals surface area contributed by atoms with Crippen LogP contribution in [0.4, 0.5) is 0 Å². The van der Waals surface area contributed by atoms with E-state index in [0.29, 0.717) is 6.04 Å². The van der Waals surface area contributed by atoms with E-state index in [1.807, 2.05) is 41.8 Å². The number of para-hydroxylation sites is 1. The number of thiophene rings is 1. The average Bonchev–Trinajstić information content (AvgIpc) is 3.17. The Morgan fingerprint density at radius 2 is 1.77 bits per heavy atom. The van der Waals surface area contributed by atoms with Gasteiger partial charge in [0.05, 0.1) is 21.7 Å². The van der Waals surface area contributed by atoms with E-state index in [1.165, 1.54) is 32.1 Å². The first-order chi connectivity index (χ1) is 12.8. The molecule has 0 radical (unpaired) electrons. The molecule has 1 fully saturated rings. The van der Waals surface area contributed by atoms with E-state index in [4.69, 9.17) is 4.98 Å². The van der Waals surface area contributed by atoms with Crippen molar-refractivity contribution in [3.63, 3.8) is 0 Å². The predicted molar refractivity (Wildman–Crippen MR) is 109 cm³/mol. The summed E-state index contributed by atoms with van der Waals surface area (Å²) in [6, 6.07) is 14.2. The highest BCUT2D eigenvalue weighted by atomic mass is 32.1. The average molecular weight is 365 g/mol. The van der Waals surface area contributed by atoms with Crippen LogP contribution in [0.2, 0.25) is 0 Å². The zero-order valence-corrected chi connectivity index (χ0v) is 15.7. The summed E-state index contributed by atoms with van der Waals surface area (Å²) in [6.45, 7) is 0. The van der Waals surface area contributed by atoms with Crippen molar-refractivity contribution >= 4 is 28.1 Å². The molecule has 0 aliphatic heterocycles. The Morgan fingerprint density at radius 3 is 2.54 bits per heavy atom. The molecule has 4 heteroatoms. The first-order valence-electron chi connectivity index (χ1n) is 9.56. The maximum absolute atomic E-state index is 13.1. The quantitative estimate of drug-likeness (QED) is 0.637. The fraction of sp³-hybridized carbons (Fsp3) is 0.364. The van der Waals surface area contributed by atoms with Gasteiger partial charge >= 0.3 is 0 Å². The van der Waals surface area contributed by atoms with Crippen molar-refractivity contribution in [1.82, 2.24) is 10.3 Å². The normalized spacial score (nSPS) is 16.2. The molecular formula is C22H24N2OS. The van der Waals surface area contributed by atoms with Gasteiger partial charge in [0.15, 0.2) is 0 Å². The van der Waals surface area contributed by atoms with Crippen LogP contribution in [0.1, 0.15) is 55.3 Å². The van der Waals surface area contributed by atoms with E-state index in [0.717, 1.165) is 39.9 Å². The number of hydrogen-bond acceptors (Lipinski definition) is 3. The molecule has 1 N–H and O–H groups in total. The van der Waals surface area contributed by atoms with Gasteiger partial charge in [-0.1, -0.05) is 56.4 Å². The minimum atomic E-state index is 0.0342. The number of benzene rings is 1. The number of nitrogens with one attached hydrogen (secondary N) is 1. The summed E-state index contributed by atoms with van der Waals surface area (Å²) in [6.07, 6.45) is 8.50. The van der Waals surface area contributed by atoms with Crippen LogP contribution in [0.5, 0.6) is 0 Å². The van der Waals surface area contributed by atoms with Gasteiger partial charge in [-0.25, -0.2) is 4.98 Å². The Hall–Kier alpha value is -2.20. The van der Waals surface area contributed by atoms with Gasteiger partial charge in [-0.05, 0) is 36.4 Å². The molecule has 1 aliphatic rings. The monoisotopic (exact) mass is 364 g/mol. The number of pyridine rings is 1. The zero-order valence-electron chi connectivity index (χ0n) is 14.9. The lowest BCUT2D eigenvalue weighted by Crippen LogP contribution is -2.35. The summed E-state index contributed by atoms with van der Waals surface area (Å²) in [5, 5.41) is 6.27.